The molecular formula is C19H25NO. The average Bonchev–Trinajstić information content (AvgIpc) is 2.56. The molecule has 0 spiro atoms. The Hall–Kier alpha value is -1.80. The SMILES string of the molecule is CCC(C)c1ccccc1OCC(NC)c1ccccc1. The topological polar surface area (TPSA) is 21.3 Å². The van der Waals surface area contributed by atoms with Gasteiger partial charge in [0.15, 0.2) is 0 Å². The number of benzene rings is 2. The highest BCUT2D eigenvalue weighted by Gasteiger charge is 2.13. The number of likely N-dealkylation sites (N-methyl/N-ethyl adjacent to an activating group) is 1. The van der Waals surface area contributed by atoms with E-state index in [9.17, 15) is 0 Å². The van der Waals surface area contributed by atoms with Crippen molar-refractivity contribution in [3.05, 3.63) is 65.7 Å². The van der Waals surface area contributed by atoms with Gasteiger partial charge in [-0.3, -0.25) is 0 Å². The van der Waals surface area contributed by atoms with Crippen molar-refractivity contribution < 1.29 is 4.74 Å². The Kier molecular flexibility index (Phi) is 5.82. The van der Waals surface area contributed by atoms with Crippen LogP contribution in [0.3, 0.4) is 0 Å². The Labute approximate surface area is 128 Å². The average molecular weight is 283 g/mol. The van der Waals surface area contributed by atoms with Gasteiger partial charge in [-0.25, -0.2) is 0 Å². The molecule has 2 unspecified atom stereocenters. The van der Waals surface area contributed by atoms with Crippen LogP contribution in [0.1, 0.15) is 43.4 Å². The van der Waals surface area contributed by atoms with Gasteiger partial charge in [0.2, 0.25) is 0 Å². The van der Waals surface area contributed by atoms with Crippen molar-refractivity contribution in [2.45, 2.75) is 32.2 Å². The highest BCUT2D eigenvalue weighted by atomic mass is 16.5. The molecular weight excluding hydrogens is 258 g/mol. The molecule has 0 saturated carbocycles. The third kappa shape index (κ3) is 4.08. The first kappa shape index (κ1) is 15.6. The second-order valence-electron chi connectivity index (χ2n) is 5.41. The summed E-state index contributed by atoms with van der Waals surface area (Å²) in [6.45, 7) is 5.09. The van der Waals surface area contributed by atoms with Crippen LogP contribution in [0.2, 0.25) is 0 Å². The van der Waals surface area contributed by atoms with Crippen molar-refractivity contribution in [2.24, 2.45) is 0 Å². The third-order valence-corrected chi connectivity index (χ3v) is 4.02. The molecule has 2 aromatic rings. The van der Waals surface area contributed by atoms with Crippen molar-refractivity contribution in [1.29, 1.82) is 0 Å². The van der Waals surface area contributed by atoms with Gasteiger partial charge in [0, 0.05) is 0 Å². The minimum absolute atomic E-state index is 0.205. The maximum atomic E-state index is 6.11. The summed E-state index contributed by atoms with van der Waals surface area (Å²) in [6, 6.07) is 19.0. The molecule has 0 radical (unpaired) electrons. The molecule has 2 aromatic carbocycles. The molecule has 1 N–H and O–H groups in total. The second kappa shape index (κ2) is 7.84. The third-order valence-electron chi connectivity index (χ3n) is 4.02. The fourth-order valence-electron chi connectivity index (χ4n) is 2.44. The Bertz CT molecular complexity index is 538. The van der Waals surface area contributed by atoms with Gasteiger partial charge < -0.3 is 10.1 Å². The molecule has 0 fully saturated rings. The first-order valence-corrected chi connectivity index (χ1v) is 7.70. The predicted octanol–water partition coefficient (Wildman–Crippen LogP) is 4.54. The van der Waals surface area contributed by atoms with Crippen LogP contribution in [-0.2, 0) is 0 Å². The maximum Gasteiger partial charge on any atom is 0.122 e. The number of para-hydroxylation sites is 1. The van der Waals surface area contributed by atoms with Crippen LogP contribution in [0.25, 0.3) is 0 Å². The second-order valence-corrected chi connectivity index (χ2v) is 5.41. The van der Waals surface area contributed by atoms with E-state index in [-0.39, 0.29) is 6.04 Å². The zero-order valence-electron chi connectivity index (χ0n) is 13.2. The van der Waals surface area contributed by atoms with Crippen LogP contribution in [-0.4, -0.2) is 13.7 Å². The summed E-state index contributed by atoms with van der Waals surface area (Å²) in [7, 11) is 1.97. The monoisotopic (exact) mass is 283 g/mol. The molecule has 0 aliphatic rings. The van der Waals surface area contributed by atoms with Gasteiger partial charge in [-0.05, 0) is 36.6 Å². The molecule has 0 aromatic heterocycles. The normalized spacial score (nSPS) is 13.7. The van der Waals surface area contributed by atoms with Crippen LogP contribution in [0.15, 0.2) is 54.6 Å². The van der Waals surface area contributed by atoms with E-state index in [4.69, 9.17) is 4.74 Å². The Balaban J connectivity index is 2.08. The van der Waals surface area contributed by atoms with Crippen LogP contribution in [0.5, 0.6) is 5.75 Å². The summed E-state index contributed by atoms with van der Waals surface area (Å²) in [5.41, 5.74) is 2.55. The molecule has 2 heteroatoms. The number of hydrogen-bond donors (Lipinski definition) is 1. The molecule has 2 rings (SSSR count). The van der Waals surface area contributed by atoms with E-state index in [0.717, 1.165) is 12.2 Å². The van der Waals surface area contributed by atoms with Crippen molar-refractivity contribution in [2.75, 3.05) is 13.7 Å². The van der Waals surface area contributed by atoms with E-state index in [0.29, 0.717) is 12.5 Å². The fourth-order valence-corrected chi connectivity index (χ4v) is 2.44. The largest absolute Gasteiger partial charge is 0.491 e. The Morgan fingerprint density at radius 2 is 1.67 bits per heavy atom. The number of nitrogens with one attached hydrogen (secondary N) is 1. The molecule has 21 heavy (non-hydrogen) atoms. The standard InChI is InChI=1S/C19H25NO/c1-4-15(2)17-12-8-9-13-19(17)21-14-18(20-3)16-10-6-5-7-11-16/h5-13,15,18,20H,4,14H2,1-3H3. The molecule has 0 aliphatic carbocycles. The molecule has 2 nitrogen and oxygen atoms in total. The first-order valence-electron chi connectivity index (χ1n) is 7.70. The lowest BCUT2D eigenvalue weighted by Gasteiger charge is -2.20. The number of hydrogen-bond acceptors (Lipinski definition) is 2. The van der Waals surface area contributed by atoms with Gasteiger partial charge in [0.1, 0.15) is 12.4 Å². The van der Waals surface area contributed by atoms with Crippen molar-refractivity contribution >= 4 is 0 Å². The maximum absolute atomic E-state index is 6.11. The van der Waals surface area contributed by atoms with E-state index >= 15 is 0 Å². The zero-order chi connectivity index (χ0) is 15.1. The first-order chi connectivity index (χ1) is 10.3. The lowest BCUT2D eigenvalue weighted by atomic mass is 9.98. The van der Waals surface area contributed by atoms with Gasteiger partial charge >= 0.3 is 0 Å². The smallest absolute Gasteiger partial charge is 0.122 e. The summed E-state index contributed by atoms with van der Waals surface area (Å²) >= 11 is 0. The summed E-state index contributed by atoms with van der Waals surface area (Å²) in [5, 5.41) is 3.33. The molecule has 0 bridgehead atoms. The highest BCUT2D eigenvalue weighted by molar-refractivity contribution is 5.36. The van der Waals surface area contributed by atoms with Crippen molar-refractivity contribution in [3.63, 3.8) is 0 Å². The summed E-state index contributed by atoms with van der Waals surface area (Å²) < 4.78 is 6.11. The quantitative estimate of drug-likeness (QED) is 0.805. The summed E-state index contributed by atoms with van der Waals surface area (Å²) in [4.78, 5) is 0. The predicted molar refractivity (Wildman–Crippen MR) is 88.9 cm³/mol. The molecule has 112 valence electrons. The lowest BCUT2D eigenvalue weighted by molar-refractivity contribution is 0.269. The molecule has 0 amide bonds. The Morgan fingerprint density at radius 3 is 2.33 bits per heavy atom. The highest BCUT2D eigenvalue weighted by Crippen LogP contribution is 2.29. The Morgan fingerprint density at radius 1 is 1.00 bits per heavy atom. The van der Waals surface area contributed by atoms with Gasteiger partial charge in [0.25, 0.3) is 0 Å². The van der Waals surface area contributed by atoms with Crippen LogP contribution in [0, 0.1) is 0 Å². The van der Waals surface area contributed by atoms with E-state index in [2.05, 4.69) is 61.6 Å². The van der Waals surface area contributed by atoms with E-state index in [1.165, 1.54) is 11.1 Å². The van der Waals surface area contributed by atoms with Crippen molar-refractivity contribution in [3.8, 4) is 5.75 Å². The fraction of sp³-hybridized carbons (Fsp3) is 0.368. The lowest BCUT2D eigenvalue weighted by Crippen LogP contribution is -2.23. The van der Waals surface area contributed by atoms with E-state index in [1.54, 1.807) is 0 Å². The van der Waals surface area contributed by atoms with E-state index in [1.807, 2.05) is 19.2 Å². The van der Waals surface area contributed by atoms with Crippen LogP contribution >= 0.6 is 0 Å². The molecule has 0 heterocycles. The van der Waals surface area contributed by atoms with E-state index < -0.39 is 0 Å². The minimum atomic E-state index is 0.205. The van der Waals surface area contributed by atoms with Gasteiger partial charge in [-0.2, -0.15) is 0 Å². The van der Waals surface area contributed by atoms with Gasteiger partial charge in [-0.15, -0.1) is 0 Å². The molecule has 2 atom stereocenters. The summed E-state index contributed by atoms with van der Waals surface area (Å²) in [6.07, 6.45) is 1.12. The zero-order valence-corrected chi connectivity index (χ0v) is 13.2. The number of ether oxygens (including phenoxy) is 1. The van der Waals surface area contributed by atoms with Crippen LogP contribution < -0.4 is 10.1 Å². The van der Waals surface area contributed by atoms with Gasteiger partial charge in [-0.1, -0.05) is 62.4 Å². The summed E-state index contributed by atoms with van der Waals surface area (Å²) in [5.74, 6) is 1.52. The molecule has 0 aliphatic heterocycles. The van der Waals surface area contributed by atoms with Crippen LogP contribution in [0.4, 0.5) is 0 Å². The van der Waals surface area contributed by atoms with Crippen molar-refractivity contribution in [1.82, 2.24) is 5.32 Å². The molecule has 0 saturated heterocycles. The number of rotatable bonds is 7. The van der Waals surface area contributed by atoms with Gasteiger partial charge in [0.05, 0.1) is 6.04 Å². The minimum Gasteiger partial charge on any atom is -0.491 e.